The predicted octanol–water partition coefficient (Wildman–Crippen LogP) is 5.03. The second-order valence-electron chi connectivity index (χ2n) is 6.79. The van der Waals surface area contributed by atoms with E-state index in [2.05, 4.69) is 28.9 Å². The highest BCUT2D eigenvalue weighted by atomic mass is 19.4. The zero-order valence-electron chi connectivity index (χ0n) is 17.5. The molecule has 0 radical (unpaired) electrons. The Balaban J connectivity index is 2.53. The van der Waals surface area contributed by atoms with Gasteiger partial charge in [0.1, 0.15) is 11.5 Å². The third kappa shape index (κ3) is 5.65. The first-order chi connectivity index (χ1) is 13.6. The summed E-state index contributed by atoms with van der Waals surface area (Å²) in [6, 6.07) is 4.18. The monoisotopic (exact) mass is 412 g/mol. The molecule has 9 heteroatoms. The fourth-order valence-electron chi connectivity index (χ4n) is 2.92. The van der Waals surface area contributed by atoms with Gasteiger partial charge in [0.15, 0.2) is 11.6 Å². The molecule has 0 spiro atoms. The van der Waals surface area contributed by atoms with Crippen molar-refractivity contribution in [2.24, 2.45) is 0 Å². The lowest BCUT2D eigenvalue weighted by molar-refractivity contribution is -0.274. The van der Waals surface area contributed by atoms with Gasteiger partial charge in [-0.15, -0.1) is 13.2 Å². The van der Waals surface area contributed by atoms with Crippen molar-refractivity contribution in [3.05, 3.63) is 23.9 Å². The minimum Gasteiger partial charge on any atom is -0.496 e. The van der Waals surface area contributed by atoms with E-state index in [1.807, 2.05) is 19.0 Å². The topological polar surface area (TPSA) is 59.5 Å². The summed E-state index contributed by atoms with van der Waals surface area (Å²) in [4.78, 5) is 11.3. The molecular weight excluding hydrogens is 385 g/mol. The van der Waals surface area contributed by atoms with E-state index in [0.29, 0.717) is 28.6 Å². The van der Waals surface area contributed by atoms with Crippen molar-refractivity contribution < 1.29 is 22.6 Å². The van der Waals surface area contributed by atoms with E-state index in [4.69, 9.17) is 9.72 Å². The number of ether oxygens (including phenoxy) is 2. The maximum atomic E-state index is 12.5. The van der Waals surface area contributed by atoms with Crippen LogP contribution in [0.1, 0.15) is 32.4 Å². The lowest BCUT2D eigenvalue weighted by Gasteiger charge is -2.23. The van der Waals surface area contributed by atoms with E-state index in [1.54, 1.807) is 6.92 Å². The average Bonchev–Trinajstić information content (AvgIpc) is 2.64. The number of rotatable bonds is 8. The van der Waals surface area contributed by atoms with Crippen LogP contribution in [-0.2, 0) is 0 Å². The molecule has 2 rings (SSSR count). The molecule has 1 N–H and O–H groups in total. The summed E-state index contributed by atoms with van der Waals surface area (Å²) in [5.74, 6) is 1.16. The Labute approximate surface area is 169 Å². The van der Waals surface area contributed by atoms with Crippen molar-refractivity contribution in [3.63, 3.8) is 0 Å². The van der Waals surface area contributed by atoms with Gasteiger partial charge in [-0.1, -0.05) is 13.8 Å². The van der Waals surface area contributed by atoms with Crippen LogP contribution in [0.15, 0.2) is 18.2 Å². The first-order valence-electron chi connectivity index (χ1n) is 9.36. The molecule has 0 bridgehead atoms. The van der Waals surface area contributed by atoms with Gasteiger partial charge >= 0.3 is 6.36 Å². The normalized spacial score (nSPS) is 11.5. The van der Waals surface area contributed by atoms with E-state index < -0.39 is 6.36 Å². The van der Waals surface area contributed by atoms with E-state index in [0.717, 1.165) is 12.8 Å². The molecule has 0 amide bonds. The zero-order valence-corrected chi connectivity index (χ0v) is 17.5. The van der Waals surface area contributed by atoms with Crippen LogP contribution in [0.3, 0.4) is 0 Å². The van der Waals surface area contributed by atoms with Gasteiger partial charge in [-0.05, 0) is 31.9 Å². The zero-order chi connectivity index (χ0) is 21.8. The van der Waals surface area contributed by atoms with Crippen molar-refractivity contribution in [1.29, 1.82) is 0 Å². The molecule has 0 aliphatic rings. The van der Waals surface area contributed by atoms with Crippen molar-refractivity contribution in [3.8, 4) is 22.8 Å². The van der Waals surface area contributed by atoms with Gasteiger partial charge in [-0.3, -0.25) is 0 Å². The molecule has 0 aliphatic carbocycles. The fraction of sp³-hybridized carbons (Fsp3) is 0.500. The summed E-state index contributed by atoms with van der Waals surface area (Å²) in [7, 11) is 5.10. The smallest absolute Gasteiger partial charge is 0.496 e. The molecular formula is C20H27F3N4O2. The average molecular weight is 412 g/mol. The number of aryl methyl sites for hydroxylation is 1. The van der Waals surface area contributed by atoms with Crippen LogP contribution in [-0.4, -0.2) is 43.6 Å². The highest BCUT2D eigenvalue weighted by Crippen LogP contribution is 2.37. The molecule has 29 heavy (non-hydrogen) atoms. The Morgan fingerprint density at radius 2 is 1.79 bits per heavy atom. The molecule has 1 aromatic carbocycles. The Kier molecular flexibility index (Phi) is 7.16. The van der Waals surface area contributed by atoms with E-state index >= 15 is 0 Å². The number of benzene rings is 1. The van der Waals surface area contributed by atoms with Crippen LogP contribution in [0.4, 0.5) is 24.8 Å². The molecule has 0 fully saturated rings. The first kappa shape index (κ1) is 22.6. The molecule has 0 saturated carbocycles. The van der Waals surface area contributed by atoms with Crippen LogP contribution < -0.4 is 19.7 Å². The highest BCUT2D eigenvalue weighted by Gasteiger charge is 2.31. The van der Waals surface area contributed by atoms with Gasteiger partial charge in [0.05, 0.1) is 18.5 Å². The van der Waals surface area contributed by atoms with Gasteiger partial charge in [-0.2, -0.15) is 0 Å². The van der Waals surface area contributed by atoms with Crippen LogP contribution >= 0.6 is 0 Å². The van der Waals surface area contributed by atoms with Crippen LogP contribution in [0.5, 0.6) is 11.5 Å². The van der Waals surface area contributed by atoms with E-state index in [9.17, 15) is 13.2 Å². The second kappa shape index (κ2) is 9.19. The summed E-state index contributed by atoms with van der Waals surface area (Å²) in [5.41, 5.74) is 1.69. The van der Waals surface area contributed by atoms with Crippen LogP contribution in [0.25, 0.3) is 11.3 Å². The molecule has 0 atom stereocenters. The number of methoxy groups -OCH3 is 1. The summed E-state index contributed by atoms with van der Waals surface area (Å²) < 4.78 is 46.8. The van der Waals surface area contributed by atoms with Crippen molar-refractivity contribution in [2.45, 2.75) is 46.0 Å². The third-order valence-electron chi connectivity index (χ3n) is 4.46. The quantitative estimate of drug-likeness (QED) is 0.657. The van der Waals surface area contributed by atoms with Gasteiger partial charge in [0, 0.05) is 31.8 Å². The van der Waals surface area contributed by atoms with Crippen molar-refractivity contribution >= 4 is 11.6 Å². The molecule has 1 aromatic heterocycles. The molecule has 6 nitrogen and oxygen atoms in total. The van der Waals surface area contributed by atoms with Crippen molar-refractivity contribution in [1.82, 2.24) is 9.97 Å². The minimum atomic E-state index is -4.78. The Hall–Kier alpha value is -2.71. The molecule has 0 unspecified atom stereocenters. The Bertz CT molecular complexity index is 837. The van der Waals surface area contributed by atoms with Crippen molar-refractivity contribution in [2.75, 3.05) is 31.4 Å². The van der Waals surface area contributed by atoms with Gasteiger partial charge in [0.25, 0.3) is 0 Å². The molecule has 0 aliphatic heterocycles. The van der Waals surface area contributed by atoms with Crippen LogP contribution in [0.2, 0.25) is 0 Å². The number of alkyl halides is 3. The molecule has 1 heterocycles. The first-order valence-corrected chi connectivity index (χ1v) is 9.36. The summed E-state index contributed by atoms with van der Waals surface area (Å²) in [6.07, 6.45) is -2.89. The summed E-state index contributed by atoms with van der Waals surface area (Å²) >= 11 is 0. The summed E-state index contributed by atoms with van der Waals surface area (Å²) in [6.45, 7) is 6.00. The standard InChI is InChI=1S/C20H27F3N4O2/c1-7-13(8-2)25-18-19(27(4)5)26-17(12(3)24-18)15-10-9-14(11-16(15)28-6)29-20(21,22)23/h9-11,13H,7-8H2,1-6H3,(H,24,25). The fourth-order valence-corrected chi connectivity index (χ4v) is 2.92. The van der Waals surface area contributed by atoms with Gasteiger partial charge in [0.2, 0.25) is 0 Å². The molecule has 0 saturated heterocycles. The maximum Gasteiger partial charge on any atom is 0.573 e. The highest BCUT2D eigenvalue weighted by molar-refractivity contribution is 5.74. The Morgan fingerprint density at radius 1 is 1.14 bits per heavy atom. The largest absolute Gasteiger partial charge is 0.573 e. The SMILES string of the molecule is CCC(CC)Nc1nc(C)c(-c2ccc(OC(F)(F)F)cc2OC)nc1N(C)C. The third-order valence-corrected chi connectivity index (χ3v) is 4.46. The number of nitrogens with zero attached hydrogens (tertiary/aromatic N) is 3. The number of hydrogen-bond acceptors (Lipinski definition) is 6. The number of halogens is 3. The lowest BCUT2D eigenvalue weighted by Crippen LogP contribution is -2.22. The van der Waals surface area contributed by atoms with Gasteiger partial charge in [-0.25, -0.2) is 9.97 Å². The predicted molar refractivity (Wildman–Crippen MR) is 108 cm³/mol. The second-order valence-corrected chi connectivity index (χ2v) is 6.79. The van der Waals surface area contributed by atoms with E-state index in [-0.39, 0.29) is 17.5 Å². The number of aromatic nitrogens is 2. The van der Waals surface area contributed by atoms with E-state index in [1.165, 1.54) is 25.3 Å². The number of anilines is 2. The number of hydrogen-bond donors (Lipinski definition) is 1. The number of nitrogens with one attached hydrogen (secondary N) is 1. The van der Waals surface area contributed by atoms with Gasteiger partial charge < -0.3 is 19.7 Å². The minimum absolute atomic E-state index is 0.217. The lowest BCUT2D eigenvalue weighted by atomic mass is 10.1. The molecule has 160 valence electrons. The van der Waals surface area contributed by atoms with Crippen LogP contribution in [0, 0.1) is 6.92 Å². The summed E-state index contributed by atoms with van der Waals surface area (Å²) in [5, 5.41) is 3.42. The maximum absolute atomic E-state index is 12.5. The Morgan fingerprint density at radius 3 is 2.31 bits per heavy atom. The molecule has 2 aromatic rings.